The van der Waals surface area contributed by atoms with Crippen LogP contribution in [0.4, 0.5) is 0 Å². The minimum Gasteiger partial charge on any atom is -0.451 e. The fourth-order valence-corrected chi connectivity index (χ4v) is 2.96. The Morgan fingerprint density at radius 1 is 0.867 bits per heavy atom. The van der Waals surface area contributed by atoms with Crippen molar-refractivity contribution in [1.29, 1.82) is 0 Å². The summed E-state index contributed by atoms with van der Waals surface area (Å²) in [6.07, 6.45) is 0. The fourth-order valence-electron chi connectivity index (χ4n) is 2.84. The number of para-hydroxylation sites is 1. The van der Waals surface area contributed by atoms with Gasteiger partial charge in [-0.25, -0.2) is 14.5 Å². The smallest absolute Gasteiger partial charge is 0.378 e. The maximum absolute atomic E-state index is 12.5. The first kappa shape index (κ1) is 19.5. The molecular weight excluding hydrogens is 402 g/mol. The first-order chi connectivity index (χ1) is 14.6. The molecule has 3 aromatic carbocycles. The summed E-state index contributed by atoms with van der Waals surface area (Å²) in [6.45, 7) is -0.390. The zero-order valence-corrected chi connectivity index (χ0v) is 16.5. The first-order valence-corrected chi connectivity index (χ1v) is 9.53. The molecule has 0 fully saturated rings. The summed E-state index contributed by atoms with van der Waals surface area (Å²) in [7, 11) is 0. The van der Waals surface area contributed by atoms with Crippen LogP contribution in [0, 0.1) is 0 Å². The summed E-state index contributed by atoms with van der Waals surface area (Å²) >= 11 is 5.98. The number of rotatable bonds is 6. The molecule has 0 spiro atoms. The zero-order valence-electron chi connectivity index (χ0n) is 15.7. The molecule has 0 aliphatic heterocycles. The lowest BCUT2D eigenvalue weighted by molar-refractivity contribution is 0.0462. The molecule has 0 amide bonds. The predicted molar refractivity (Wildman–Crippen MR) is 113 cm³/mol. The van der Waals surface area contributed by atoms with Gasteiger partial charge in [-0.1, -0.05) is 60.1 Å². The molecule has 148 valence electrons. The van der Waals surface area contributed by atoms with Gasteiger partial charge in [-0.15, -0.1) is 5.10 Å². The Labute approximate surface area is 177 Å². The van der Waals surface area contributed by atoms with Gasteiger partial charge in [0, 0.05) is 16.1 Å². The zero-order chi connectivity index (χ0) is 20.9. The van der Waals surface area contributed by atoms with Crippen LogP contribution in [0.3, 0.4) is 0 Å². The Hall–Kier alpha value is -3.77. The quantitative estimate of drug-likeness (QED) is 0.338. The number of hydrogen-bond acceptors (Lipinski definition) is 5. The van der Waals surface area contributed by atoms with Crippen molar-refractivity contribution in [3.8, 4) is 17.1 Å². The highest BCUT2D eigenvalue weighted by molar-refractivity contribution is 6.30. The number of aromatic nitrogens is 3. The van der Waals surface area contributed by atoms with Crippen LogP contribution < -0.4 is 0 Å². The van der Waals surface area contributed by atoms with E-state index in [1.165, 1.54) is 0 Å². The lowest BCUT2D eigenvalue weighted by Crippen LogP contribution is -2.15. The van der Waals surface area contributed by atoms with Crippen molar-refractivity contribution in [1.82, 2.24) is 14.8 Å². The lowest BCUT2D eigenvalue weighted by atomic mass is 10.1. The number of esters is 1. The second-order valence-electron chi connectivity index (χ2n) is 6.38. The molecule has 0 radical (unpaired) electrons. The Bertz CT molecular complexity index is 1170. The van der Waals surface area contributed by atoms with Crippen LogP contribution in [0.1, 0.15) is 21.0 Å². The van der Waals surface area contributed by atoms with E-state index in [2.05, 4.69) is 10.1 Å². The van der Waals surface area contributed by atoms with Gasteiger partial charge in [-0.2, -0.15) is 0 Å². The van der Waals surface area contributed by atoms with Gasteiger partial charge in [0.1, 0.15) is 0 Å². The Balaban J connectivity index is 1.61. The maximum Gasteiger partial charge on any atom is 0.378 e. The number of ether oxygens (including phenoxy) is 1. The van der Waals surface area contributed by atoms with Crippen molar-refractivity contribution in [3.63, 3.8) is 0 Å². The van der Waals surface area contributed by atoms with Crippen LogP contribution >= 0.6 is 11.6 Å². The minimum absolute atomic E-state index is 0.135. The molecule has 1 heterocycles. The van der Waals surface area contributed by atoms with Gasteiger partial charge in [0.25, 0.3) is 5.82 Å². The van der Waals surface area contributed by atoms with E-state index >= 15 is 0 Å². The van der Waals surface area contributed by atoms with E-state index in [1.54, 1.807) is 59.3 Å². The molecule has 30 heavy (non-hydrogen) atoms. The van der Waals surface area contributed by atoms with E-state index in [9.17, 15) is 9.59 Å². The van der Waals surface area contributed by atoms with Crippen molar-refractivity contribution in [3.05, 3.63) is 101 Å². The van der Waals surface area contributed by atoms with Crippen molar-refractivity contribution < 1.29 is 14.3 Å². The van der Waals surface area contributed by atoms with Crippen LogP contribution in [0.5, 0.6) is 0 Å². The van der Waals surface area contributed by atoms with Crippen LogP contribution in [0.15, 0.2) is 84.9 Å². The predicted octanol–water partition coefficient (Wildman–Crippen LogP) is 4.63. The summed E-state index contributed by atoms with van der Waals surface area (Å²) in [4.78, 5) is 29.1. The van der Waals surface area contributed by atoms with E-state index in [1.807, 2.05) is 30.3 Å². The highest BCUT2D eigenvalue weighted by Gasteiger charge is 2.21. The second kappa shape index (κ2) is 8.71. The van der Waals surface area contributed by atoms with Gasteiger partial charge in [0.15, 0.2) is 18.2 Å². The van der Waals surface area contributed by atoms with Gasteiger partial charge in [-0.05, 0) is 36.4 Å². The van der Waals surface area contributed by atoms with E-state index in [-0.39, 0.29) is 18.2 Å². The second-order valence-corrected chi connectivity index (χ2v) is 6.82. The number of carbonyl (C=O) groups is 2. The molecule has 4 rings (SSSR count). The number of ketones is 1. The molecule has 0 unspecified atom stereocenters. The third-order valence-electron chi connectivity index (χ3n) is 4.32. The van der Waals surface area contributed by atoms with Crippen molar-refractivity contribution in [2.45, 2.75) is 0 Å². The van der Waals surface area contributed by atoms with Gasteiger partial charge >= 0.3 is 5.97 Å². The lowest BCUT2D eigenvalue weighted by Gasteiger charge is -2.05. The summed E-state index contributed by atoms with van der Waals surface area (Å²) in [5.74, 6) is -0.752. The summed E-state index contributed by atoms with van der Waals surface area (Å²) < 4.78 is 6.71. The van der Waals surface area contributed by atoms with Gasteiger partial charge in [-0.3, -0.25) is 4.79 Å². The number of benzene rings is 3. The number of Topliss-reactive ketones (excluding diaryl/α,β-unsaturated/α-hetero) is 1. The average Bonchev–Trinajstić information content (AvgIpc) is 3.24. The van der Waals surface area contributed by atoms with E-state index < -0.39 is 5.97 Å². The molecular formula is C23H16ClN3O3. The fraction of sp³-hybridized carbons (Fsp3) is 0.0435. The summed E-state index contributed by atoms with van der Waals surface area (Å²) in [6, 6.07) is 25.0. The van der Waals surface area contributed by atoms with Crippen molar-refractivity contribution in [2.24, 2.45) is 0 Å². The first-order valence-electron chi connectivity index (χ1n) is 9.15. The largest absolute Gasteiger partial charge is 0.451 e. The molecule has 0 N–H and O–H groups in total. The standard InChI is InChI=1S/C23H16ClN3O3/c24-18-13-11-17(12-14-18)22-25-21(26-27(22)19-9-5-2-6-10-19)23(29)30-15-20(28)16-7-3-1-4-8-16/h1-14H,15H2. The van der Waals surface area contributed by atoms with Crippen LogP contribution in [-0.2, 0) is 4.74 Å². The molecule has 7 heteroatoms. The minimum atomic E-state index is -0.774. The molecule has 0 saturated heterocycles. The normalized spacial score (nSPS) is 10.6. The summed E-state index contributed by atoms with van der Waals surface area (Å²) in [5, 5.41) is 4.90. The van der Waals surface area contributed by atoms with Crippen LogP contribution in [-0.4, -0.2) is 33.1 Å². The van der Waals surface area contributed by atoms with E-state index in [0.29, 0.717) is 16.4 Å². The molecule has 6 nitrogen and oxygen atoms in total. The van der Waals surface area contributed by atoms with Crippen LogP contribution in [0.2, 0.25) is 5.02 Å². The molecule has 0 aliphatic carbocycles. The third-order valence-corrected chi connectivity index (χ3v) is 4.58. The Morgan fingerprint density at radius 2 is 1.50 bits per heavy atom. The average molecular weight is 418 g/mol. The summed E-state index contributed by atoms with van der Waals surface area (Å²) in [5.41, 5.74) is 1.93. The Morgan fingerprint density at radius 3 is 2.17 bits per heavy atom. The number of nitrogens with zero attached hydrogens (tertiary/aromatic N) is 3. The SMILES string of the molecule is O=C(COC(=O)c1nc(-c2ccc(Cl)cc2)n(-c2ccccc2)n1)c1ccccc1. The molecule has 0 saturated carbocycles. The van der Waals surface area contributed by atoms with E-state index in [0.717, 1.165) is 11.3 Å². The number of hydrogen-bond donors (Lipinski definition) is 0. The van der Waals surface area contributed by atoms with Gasteiger partial charge in [0.2, 0.25) is 0 Å². The highest BCUT2D eigenvalue weighted by Crippen LogP contribution is 2.23. The molecule has 0 bridgehead atoms. The maximum atomic E-state index is 12.5. The monoisotopic (exact) mass is 417 g/mol. The van der Waals surface area contributed by atoms with Crippen molar-refractivity contribution >= 4 is 23.4 Å². The molecule has 0 aliphatic rings. The number of carbonyl (C=O) groups excluding carboxylic acids is 2. The van der Waals surface area contributed by atoms with Gasteiger partial charge in [0.05, 0.1) is 5.69 Å². The third kappa shape index (κ3) is 4.29. The molecule has 1 aromatic heterocycles. The van der Waals surface area contributed by atoms with Gasteiger partial charge < -0.3 is 4.74 Å². The Kier molecular flexibility index (Phi) is 5.68. The molecule has 0 atom stereocenters. The van der Waals surface area contributed by atoms with E-state index in [4.69, 9.17) is 16.3 Å². The molecule has 4 aromatic rings. The highest BCUT2D eigenvalue weighted by atomic mass is 35.5. The topological polar surface area (TPSA) is 74.1 Å². The van der Waals surface area contributed by atoms with Crippen LogP contribution in [0.25, 0.3) is 17.1 Å². The van der Waals surface area contributed by atoms with Crippen molar-refractivity contribution in [2.75, 3.05) is 6.61 Å². The number of halogens is 1.